The summed E-state index contributed by atoms with van der Waals surface area (Å²) in [7, 11) is 2.41. The van der Waals surface area contributed by atoms with Gasteiger partial charge in [-0.25, -0.2) is 9.59 Å². The fraction of sp³-hybridized carbons (Fsp3) is 0.446. The number of alkyl halides is 1. The summed E-state index contributed by atoms with van der Waals surface area (Å²) in [4.78, 5) is 117. The number of imide groups is 2. The monoisotopic (exact) mass is 1750 g/mol. The second-order valence-corrected chi connectivity index (χ2v) is 31.0. The molecular weight excluding hydrogens is 1650 g/mol. The first-order valence-electron chi connectivity index (χ1n) is 36.1. The van der Waals surface area contributed by atoms with Gasteiger partial charge in [-0.2, -0.15) is 0 Å². The van der Waals surface area contributed by atoms with Gasteiger partial charge in [0, 0.05) is 81.8 Å². The number of rotatable bonds is 18. The van der Waals surface area contributed by atoms with Crippen LogP contribution in [0.2, 0.25) is 0 Å². The summed E-state index contributed by atoms with van der Waals surface area (Å²) in [6, 6.07) is 44.5. The van der Waals surface area contributed by atoms with Crippen LogP contribution in [0.15, 0.2) is 152 Å². The van der Waals surface area contributed by atoms with Crippen LogP contribution in [-0.4, -0.2) is 172 Å². The average Bonchev–Trinajstić information content (AvgIpc) is 1.62. The second-order valence-electron chi connectivity index (χ2n) is 27.7. The molecule has 21 nitrogen and oxygen atoms in total. The summed E-state index contributed by atoms with van der Waals surface area (Å²) >= 11 is 13.0. The number of ether oxygens (including phenoxy) is 2. The van der Waals surface area contributed by atoms with Crippen molar-refractivity contribution in [2.24, 2.45) is 10.7 Å². The minimum absolute atomic E-state index is 0. The van der Waals surface area contributed by atoms with E-state index in [0.29, 0.717) is 56.9 Å². The average molecular weight is 1760 g/mol. The number of fused-ring (bicyclic) bond motifs is 2. The zero-order valence-electron chi connectivity index (χ0n) is 63.3. The fourth-order valence-corrected chi connectivity index (χ4v) is 13.2. The molecule has 7 aliphatic rings. The summed E-state index contributed by atoms with van der Waals surface area (Å²) in [5.41, 5.74) is 16.4. The van der Waals surface area contributed by atoms with Crippen LogP contribution in [0.3, 0.4) is 0 Å². The van der Waals surface area contributed by atoms with Crippen LogP contribution >= 0.6 is 63.7 Å². The first kappa shape index (κ1) is 91.9. The first-order valence-corrected chi connectivity index (χ1v) is 39.6. The highest BCUT2D eigenvalue weighted by Gasteiger charge is 2.52. The van der Waals surface area contributed by atoms with Gasteiger partial charge in [0.2, 0.25) is 11.8 Å². The number of carbonyl (C=O) groups is 9. The maximum Gasteiger partial charge on any atom is 0.494 e. The molecule has 5 heterocycles. The number of esters is 2. The Bertz CT molecular complexity index is 4080. The Labute approximate surface area is 678 Å². The zero-order valence-corrected chi connectivity index (χ0v) is 69.7. The molecule has 0 radical (unpaired) electrons. The molecule has 6 aromatic rings. The Kier molecular flexibility index (Phi) is 35.9. The van der Waals surface area contributed by atoms with Crippen molar-refractivity contribution in [3.8, 4) is 11.1 Å². The summed E-state index contributed by atoms with van der Waals surface area (Å²) in [6.07, 6.45) is 7.75. The molecule has 0 bridgehead atoms. The molecule has 588 valence electrons. The Morgan fingerprint density at radius 3 is 1.32 bits per heavy atom. The van der Waals surface area contributed by atoms with Crippen LogP contribution in [0.1, 0.15) is 208 Å². The summed E-state index contributed by atoms with van der Waals surface area (Å²) in [5.74, 6) is 0.0867. The molecule has 2 N–H and O–H groups in total. The zero-order chi connectivity index (χ0) is 78.6. The minimum Gasteiger partial charge on any atom is -0.469 e. The second kappa shape index (κ2) is 42.6. The highest BCUT2D eigenvalue weighted by atomic mass is 79.9. The van der Waals surface area contributed by atoms with E-state index in [1.807, 2.05) is 161 Å². The number of aliphatic imine (C=N–C) groups is 1. The molecule has 8 amide bonds. The van der Waals surface area contributed by atoms with E-state index in [-0.39, 0.29) is 117 Å². The molecule has 26 heteroatoms. The third-order valence-electron chi connectivity index (χ3n) is 19.7. The molecule has 5 aliphatic heterocycles. The number of halogens is 4. The highest BCUT2D eigenvalue weighted by Crippen LogP contribution is 2.40. The molecule has 2 aliphatic carbocycles. The molecule has 109 heavy (non-hydrogen) atoms. The molecule has 0 unspecified atom stereocenters. The number of hydrogen-bond donors (Lipinski definition) is 1. The Balaban J connectivity index is 0.000000242. The first-order chi connectivity index (χ1) is 50.8. The van der Waals surface area contributed by atoms with Crippen molar-refractivity contribution < 1.29 is 61.9 Å². The van der Waals surface area contributed by atoms with E-state index < -0.39 is 0 Å². The van der Waals surface area contributed by atoms with E-state index in [0.717, 1.165) is 102 Å². The van der Waals surface area contributed by atoms with E-state index in [1.165, 1.54) is 41.4 Å². The van der Waals surface area contributed by atoms with Gasteiger partial charge >= 0.3 is 31.1 Å². The van der Waals surface area contributed by atoms with Crippen LogP contribution < -0.4 is 11.2 Å². The molecule has 0 spiro atoms. The number of methoxy groups -OCH3 is 2. The third-order valence-corrected chi connectivity index (χ3v) is 21.8. The molecule has 4 atom stereocenters. The van der Waals surface area contributed by atoms with Gasteiger partial charge in [-0.05, 0) is 212 Å². The van der Waals surface area contributed by atoms with Crippen LogP contribution in [0.4, 0.5) is 9.59 Å². The standard InChI is InChI=1S/C24H25N3O3.C17H22BNO3.C13H15BrN2O2.C12H15BrO2.C8H10BrN.C4H7NO.C3H5BrO2.2CH4/c1-3-25-22(28)14-26(24(25)30)15(2)16-4-6-17(7-5-16)18-8-11-21-19(12-18)13-27(23(21)29)20-9-10-20;1-16(2)17(3,4)22-18(21-16)12-5-8-14-11(9-12)10-19(15(14)20)13-6-7-13;1-3-15-12(17)8-16(13(15)18)9(2)10-4-6-11(14)7-5-10;1-9(3-8-12(14)15-2)10-4-6-11(13)7-5-10;1-6(10)7-2-4-8(9)5-3-7;1-2-5-3-4-6;1-6-3(5)2-4;;/h4-8,11-12,15,20H,3,9-10,13-14H2,1-2H3;5,8-9,13H,6-7,10H2,1-4H3;4-7,9H,3,8H2,1-2H3;4-7,9H,3,8H2,1-2H3;2-6H,10H2,1H3;3-4H,2H2,1H3;2H2,1H3;2*1H4/t15-;;2*9-;6-;;;;/m1.101..../s1. The molecule has 5 fully saturated rings. The van der Waals surface area contributed by atoms with Gasteiger partial charge in [-0.1, -0.05) is 164 Å². The lowest BCUT2D eigenvalue weighted by Crippen LogP contribution is -2.41. The number of benzene rings is 6. The minimum atomic E-state index is -0.361. The maximum absolute atomic E-state index is 12.5. The van der Waals surface area contributed by atoms with Crippen molar-refractivity contribution >= 4 is 136 Å². The molecule has 3 saturated heterocycles. The van der Waals surface area contributed by atoms with Crippen molar-refractivity contribution in [1.29, 1.82) is 0 Å². The van der Waals surface area contributed by atoms with Crippen molar-refractivity contribution in [1.82, 2.24) is 29.4 Å². The fourth-order valence-electron chi connectivity index (χ4n) is 12.1. The number of nitrogens with zero attached hydrogens (tertiary/aromatic N) is 7. The summed E-state index contributed by atoms with van der Waals surface area (Å²) < 4.78 is 24.2. The Morgan fingerprint density at radius 2 is 0.963 bits per heavy atom. The SMILES string of the molecule is C.C.CC1(C)OB(c2ccc3c(c2)CN(C2CC2)C3=O)OC1(C)C.CCN1C(=O)CN([C@H](C)c2ccc(-c3ccc4c(c3)CN(C3CC3)C4=O)cc2)C1=O.CCN1C(=O)CN([C@H](C)c2ccc(Br)cc2)C1=O.CCN=CC=O.COC(=O)CBr.COC(=O)CC[C@H](C)c1ccc(Br)cc1.C[C@@H](N)c1ccc(Br)cc1. The summed E-state index contributed by atoms with van der Waals surface area (Å²) in [6.45, 7) is 25.0. The van der Waals surface area contributed by atoms with Gasteiger partial charge < -0.3 is 44.1 Å². The van der Waals surface area contributed by atoms with Crippen molar-refractivity contribution in [2.75, 3.05) is 52.3 Å². The molecule has 0 aromatic heterocycles. The number of hydrogen-bond acceptors (Lipinski definition) is 15. The number of aldehydes is 1. The lowest BCUT2D eigenvalue weighted by molar-refractivity contribution is -0.141. The van der Waals surface area contributed by atoms with Gasteiger partial charge in [-0.3, -0.25) is 48.4 Å². The van der Waals surface area contributed by atoms with Gasteiger partial charge in [0.05, 0.1) is 43.7 Å². The van der Waals surface area contributed by atoms with Crippen LogP contribution in [0.25, 0.3) is 11.1 Å². The predicted octanol–water partition coefficient (Wildman–Crippen LogP) is 16.8. The van der Waals surface area contributed by atoms with Gasteiger partial charge in [0.25, 0.3) is 11.8 Å². The normalized spacial score (nSPS) is 17.3. The van der Waals surface area contributed by atoms with E-state index in [4.69, 9.17) is 15.0 Å². The van der Waals surface area contributed by atoms with Gasteiger partial charge in [0.15, 0.2) is 6.29 Å². The number of nitrogens with two attached hydrogens (primary N) is 1. The molecular formula is C83H107BBr4N8O13. The smallest absolute Gasteiger partial charge is 0.469 e. The van der Waals surface area contributed by atoms with Crippen LogP contribution in [0, 0.1) is 0 Å². The third kappa shape index (κ3) is 24.9. The maximum atomic E-state index is 12.5. The Hall–Kier alpha value is -7.72. The molecule has 6 aromatic carbocycles. The van der Waals surface area contributed by atoms with Crippen molar-refractivity contribution in [2.45, 2.75) is 190 Å². The Morgan fingerprint density at radius 1 is 0.569 bits per heavy atom. The lowest BCUT2D eigenvalue weighted by atomic mass is 9.78. The lowest BCUT2D eigenvalue weighted by Gasteiger charge is -2.32. The summed E-state index contributed by atoms with van der Waals surface area (Å²) in [5, 5.41) is 0.281. The van der Waals surface area contributed by atoms with Crippen LogP contribution in [0.5, 0.6) is 0 Å². The topological polar surface area (TPSA) is 248 Å². The van der Waals surface area contributed by atoms with E-state index >= 15 is 0 Å². The highest BCUT2D eigenvalue weighted by molar-refractivity contribution is 9.11. The number of carbonyl (C=O) groups excluding carboxylic acids is 9. The number of likely N-dealkylation sites (N-methyl/N-ethyl adjacent to an activating group) is 2. The number of urea groups is 2. The van der Waals surface area contributed by atoms with Gasteiger partial charge in [-0.15, -0.1) is 0 Å². The quantitative estimate of drug-likeness (QED) is 0.0210. The predicted molar refractivity (Wildman–Crippen MR) is 445 cm³/mol. The number of amides is 8. The van der Waals surface area contributed by atoms with E-state index in [9.17, 15) is 43.2 Å². The van der Waals surface area contributed by atoms with E-state index in [1.54, 1.807) is 9.80 Å². The van der Waals surface area contributed by atoms with E-state index in [2.05, 4.69) is 137 Å². The van der Waals surface area contributed by atoms with Crippen LogP contribution in [-0.2, 0) is 55.8 Å². The van der Waals surface area contributed by atoms with Crippen molar-refractivity contribution in [3.05, 3.63) is 191 Å². The molecule has 2 saturated carbocycles. The van der Waals surface area contributed by atoms with Crippen molar-refractivity contribution in [3.63, 3.8) is 0 Å². The van der Waals surface area contributed by atoms with Gasteiger partial charge in [0.1, 0.15) is 18.4 Å². The largest absolute Gasteiger partial charge is 0.494 e. The molecule has 13 rings (SSSR count).